The molecule has 0 amide bonds. The normalized spacial score (nSPS) is 19.8. The monoisotopic (exact) mass is 175 g/mol. The standard InChI is InChI=1S/C8H17NO3/c10-4-1-5-12-8-9-2-6-11-7-3-9/h10H,1-8H2. The molecule has 1 saturated heterocycles. The predicted octanol–water partition coefficient (Wildman–Crippen LogP) is -0.325. The van der Waals surface area contributed by atoms with Gasteiger partial charge in [-0.05, 0) is 6.42 Å². The molecule has 1 N–H and O–H groups in total. The lowest BCUT2D eigenvalue weighted by atomic mass is 10.4. The van der Waals surface area contributed by atoms with Crippen molar-refractivity contribution in [1.82, 2.24) is 4.90 Å². The largest absolute Gasteiger partial charge is 0.396 e. The zero-order chi connectivity index (χ0) is 8.65. The van der Waals surface area contributed by atoms with Gasteiger partial charge in [-0.25, -0.2) is 0 Å². The number of aliphatic hydroxyl groups excluding tert-OH is 1. The summed E-state index contributed by atoms with van der Waals surface area (Å²) < 4.78 is 10.5. The van der Waals surface area contributed by atoms with Gasteiger partial charge in [-0.2, -0.15) is 0 Å². The Morgan fingerprint density at radius 1 is 1.33 bits per heavy atom. The molecule has 0 spiro atoms. The van der Waals surface area contributed by atoms with Gasteiger partial charge in [0.1, 0.15) is 0 Å². The second kappa shape index (κ2) is 6.37. The maximum atomic E-state index is 8.49. The number of morpholine rings is 1. The summed E-state index contributed by atoms with van der Waals surface area (Å²) in [6.07, 6.45) is 0.727. The van der Waals surface area contributed by atoms with Gasteiger partial charge in [-0.15, -0.1) is 0 Å². The van der Waals surface area contributed by atoms with E-state index >= 15 is 0 Å². The fourth-order valence-corrected chi connectivity index (χ4v) is 1.09. The summed E-state index contributed by atoms with van der Waals surface area (Å²) in [7, 11) is 0. The average Bonchev–Trinajstić information content (AvgIpc) is 2.14. The number of hydrogen-bond acceptors (Lipinski definition) is 4. The van der Waals surface area contributed by atoms with Crippen molar-refractivity contribution in [1.29, 1.82) is 0 Å². The summed E-state index contributed by atoms with van der Waals surface area (Å²) in [5, 5.41) is 8.49. The zero-order valence-corrected chi connectivity index (χ0v) is 7.37. The second-order valence-corrected chi connectivity index (χ2v) is 2.84. The first-order chi connectivity index (χ1) is 5.93. The highest BCUT2D eigenvalue weighted by molar-refractivity contribution is 4.56. The molecule has 0 saturated carbocycles. The van der Waals surface area contributed by atoms with E-state index in [2.05, 4.69) is 4.90 Å². The molecule has 0 aromatic carbocycles. The summed E-state index contributed by atoms with van der Waals surface area (Å²) in [6.45, 7) is 5.06. The third kappa shape index (κ3) is 4.01. The van der Waals surface area contributed by atoms with E-state index in [0.29, 0.717) is 13.3 Å². The van der Waals surface area contributed by atoms with E-state index in [0.717, 1.165) is 32.7 Å². The Hall–Kier alpha value is -0.160. The van der Waals surface area contributed by atoms with E-state index in [1.54, 1.807) is 0 Å². The van der Waals surface area contributed by atoms with E-state index in [1.807, 2.05) is 0 Å². The van der Waals surface area contributed by atoms with Gasteiger partial charge in [0.2, 0.25) is 0 Å². The molecule has 0 radical (unpaired) electrons. The van der Waals surface area contributed by atoms with Crippen LogP contribution >= 0.6 is 0 Å². The fourth-order valence-electron chi connectivity index (χ4n) is 1.09. The van der Waals surface area contributed by atoms with Gasteiger partial charge >= 0.3 is 0 Å². The Morgan fingerprint density at radius 2 is 2.08 bits per heavy atom. The van der Waals surface area contributed by atoms with Crippen LogP contribution in [0, 0.1) is 0 Å². The van der Waals surface area contributed by atoms with Gasteiger partial charge in [0.25, 0.3) is 0 Å². The Kier molecular flexibility index (Phi) is 5.27. The minimum Gasteiger partial charge on any atom is -0.396 e. The molecule has 1 heterocycles. The molecule has 12 heavy (non-hydrogen) atoms. The van der Waals surface area contributed by atoms with Crippen LogP contribution in [0.5, 0.6) is 0 Å². The summed E-state index contributed by atoms with van der Waals surface area (Å²) in [4.78, 5) is 2.21. The Bertz CT molecular complexity index is 104. The molecule has 0 unspecified atom stereocenters. The van der Waals surface area contributed by atoms with Gasteiger partial charge in [-0.1, -0.05) is 0 Å². The van der Waals surface area contributed by atoms with Crippen molar-refractivity contribution in [3.63, 3.8) is 0 Å². The highest BCUT2D eigenvalue weighted by Crippen LogP contribution is 1.96. The lowest BCUT2D eigenvalue weighted by molar-refractivity contribution is -0.0347. The number of nitrogens with zero attached hydrogens (tertiary/aromatic N) is 1. The Morgan fingerprint density at radius 3 is 2.75 bits per heavy atom. The maximum Gasteiger partial charge on any atom is 0.0991 e. The molecule has 1 aliphatic heterocycles. The van der Waals surface area contributed by atoms with Crippen molar-refractivity contribution in [2.24, 2.45) is 0 Å². The minimum absolute atomic E-state index is 0.211. The maximum absolute atomic E-state index is 8.49. The number of aliphatic hydroxyl groups is 1. The fraction of sp³-hybridized carbons (Fsp3) is 1.00. The topological polar surface area (TPSA) is 41.9 Å². The van der Waals surface area contributed by atoms with E-state index < -0.39 is 0 Å². The molecule has 0 atom stereocenters. The molecule has 4 heteroatoms. The molecule has 0 aliphatic carbocycles. The number of rotatable bonds is 5. The summed E-state index contributed by atoms with van der Waals surface area (Å²) in [5.41, 5.74) is 0. The van der Waals surface area contributed by atoms with E-state index in [-0.39, 0.29) is 6.61 Å². The Balaban J connectivity index is 1.91. The highest BCUT2D eigenvalue weighted by atomic mass is 16.5. The van der Waals surface area contributed by atoms with Crippen LogP contribution in [0.2, 0.25) is 0 Å². The van der Waals surface area contributed by atoms with Crippen molar-refractivity contribution in [2.75, 3.05) is 46.2 Å². The number of ether oxygens (including phenoxy) is 2. The molecule has 72 valence electrons. The van der Waals surface area contributed by atoms with Gasteiger partial charge in [0.05, 0.1) is 26.6 Å². The lowest BCUT2D eigenvalue weighted by Gasteiger charge is -2.26. The molecular formula is C8H17NO3. The van der Waals surface area contributed by atoms with Gasteiger partial charge in [-0.3, -0.25) is 4.90 Å². The van der Waals surface area contributed by atoms with Crippen molar-refractivity contribution in [3.05, 3.63) is 0 Å². The van der Waals surface area contributed by atoms with Crippen LogP contribution in [0.4, 0.5) is 0 Å². The van der Waals surface area contributed by atoms with E-state index in [1.165, 1.54) is 0 Å². The summed E-state index contributed by atoms with van der Waals surface area (Å²) >= 11 is 0. The van der Waals surface area contributed by atoms with E-state index in [9.17, 15) is 0 Å². The quantitative estimate of drug-likeness (QED) is 0.581. The lowest BCUT2D eigenvalue weighted by Crippen LogP contribution is -2.37. The first-order valence-electron chi connectivity index (χ1n) is 4.42. The van der Waals surface area contributed by atoms with Crippen molar-refractivity contribution in [2.45, 2.75) is 6.42 Å². The van der Waals surface area contributed by atoms with Crippen LogP contribution in [0.3, 0.4) is 0 Å². The van der Waals surface area contributed by atoms with Crippen molar-refractivity contribution in [3.8, 4) is 0 Å². The van der Waals surface area contributed by atoms with Gasteiger partial charge < -0.3 is 14.6 Å². The van der Waals surface area contributed by atoms with Crippen LogP contribution in [-0.2, 0) is 9.47 Å². The smallest absolute Gasteiger partial charge is 0.0991 e. The minimum atomic E-state index is 0.211. The summed E-state index contributed by atoms with van der Waals surface area (Å²) in [6, 6.07) is 0. The summed E-state index contributed by atoms with van der Waals surface area (Å²) in [5.74, 6) is 0. The zero-order valence-electron chi connectivity index (χ0n) is 7.37. The first-order valence-corrected chi connectivity index (χ1v) is 4.42. The van der Waals surface area contributed by atoms with Crippen LogP contribution in [0.1, 0.15) is 6.42 Å². The van der Waals surface area contributed by atoms with Crippen molar-refractivity contribution >= 4 is 0 Å². The molecule has 4 nitrogen and oxygen atoms in total. The second-order valence-electron chi connectivity index (χ2n) is 2.84. The SMILES string of the molecule is OCCCOCN1CCOCC1. The highest BCUT2D eigenvalue weighted by Gasteiger charge is 2.08. The van der Waals surface area contributed by atoms with Crippen LogP contribution in [-0.4, -0.2) is 56.3 Å². The average molecular weight is 175 g/mol. The predicted molar refractivity (Wildman–Crippen MR) is 44.9 cm³/mol. The van der Waals surface area contributed by atoms with Gasteiger partial charge in [0, 0.05) is 19.7 Å². The van der Waals surface area contributed by atoms with E-state index in [4.69, 9.17) is 14.6 Å². The third-order valence-corrected chi connectivity index (χ3v) is 1.82. The van der Waals surface area contributed by atoms with Crippen molar-refractivity contribution < 1.29 is 14.6 Å². The van der Waals surface area contributed by atoms with Crippen LogP contribution < -0.4 is 0 Å². The third-order valence-electron chi connectivity index (χ3n) is 1.82. The van der Waals surface area contributed by atoms with Crippen LogP contribution in [0.15, 0.2) is 0 Å². The Labute approximate surface area is 73.1 Å². The van der Waals surface area contributed by atoms with Crippen LogP contribution in [0.25, 0.3) is 0 Å². The van der Waals surface area contributed by atoms with Gasteiger partial charge in [0.15, 0.2) is 0 Å². The molecular weight excluding hydrogens is 158 g/mol. The molecule has 1 rings (SSSR count). The molecule has 0 aromatic heterocycles. The molecule has 0 bridgehead atoms. The molecule has 1 aliphatic rings. The molecule has 0 aromatic rings. The first kappa shape index (κ1) is 9.92. The molecule has 1 fully saturated rings. The number of hydrogen-bond donors (Lipinski definition) is 1.